The number of fused-ring (bicyclic) bond motifs is 2. The number of ether oxygens (including phenoxy) is 3. The topological polar surface area (TPSA) is 268 Å². The fourth-order valence-corrected chi connectivity index (χ4v) is 17.5. The molecule has 2 aromatic carbocycles. The van der Waals surface area contributed by atoms with Crippen LogP contribution in [0.4, 0.5) is 4.79 Å². The molecule has 96 heavy (non-hydrogen) atoms. The third-order valence-corrected chi connectivity index (χ3v) is 24.0. The summed E-state index contributed by atoms with van der Waals surface area (Å²) in [5, 5.41) is 8.86. The van der Waals surface area contributed by atoms with Crippen molar-refractivity contribution in [3.63, 3.8) is 0 Å². The Morgan fingerprint density at radius 2 is 1.43 bits per heavy atom. The Morgan fingerprint density at radius 1 is 0.740 bits per heavy atom. The Morgan fingerprint density at radius 3 is 2.06 bits per heavy atom. The molecule has 1 aliphatic carbocycles. The lowest BCUT2D eigenvalue weighted by Crippen LogP contribution is -2.59. The van der Waals surface area contributed by atoms with Crippen LogP contribution < -0.4 is 25.4 Å². The number of hydrogen-bond donors (Lipinski definition) is 4. The highest BCUT2D eigenvalue weighted by molar-refractivity contribution is 7.99. The van der Waals surface area contributed by atoms with E-state index in [-0.39, 0.29) is 65.9 Å². The predicted octanol–water partition coefficient (Wildman–Crippen LogP) is 9.15. The van der Waals surface area contributed by atoms with Crippen molar-refractivity contribution in [1.29, 1.82) is 0 Å². The van der Waals surface area contributed by atoms with Crippen LogP contribution in [0.2, 0.25) is 0 Å². The van der Waals surface area contributed by atoms with Gasteiger partial charge in [0.2, 0.25) is 33.7 Å². The molecule has 3 aromatic rings. The van der Waals surface area contributed by atoms with Crippen LogP contribution in [0.25, 0.3) is 11.0 Å². The Labute approximate surface area is 579 Å². The highest BCUT2D eigenvalue weighted by Gasteiger charge is 2.45. The maximum absolute atomic E-state index is 14.6. The third-order valence-electron chi connectivity index (χ3n) is 19.7. The van der Waals surface area contributed by atoms with Gasteiger partial charge in [-0.05, 0) is 137 Å². The number of rotatable bonds is 29. The van der Waals surface area contributed by atoms with Crippen molar-refractivity contribution in [1.82, 2.24) is 50.2 Å². The zero-order chi connectivity index (χ0) is 70.0. The van der Waals surface area contributed by atoms with Gasteiger partial charge in [0.15, 0.2) is 0 Å². The number of nitrogens with zero attached hydrogens (tertiary/aromatic N) is 6. The van der Waals surface area contributed by atoms with E-state index >= 15 is 0 Å². The number of carbonyl (C=O) groups excluding carboxylic acids is 7. The van der Waals surface area contributed by atoms with E-state index in [9.17, 15) is 42.0 Å². The van der Waals surface area contributed by atoms with Crippen molar-refractivity contribution in [2.24, 2.45) is 29.6 Å². The van der Waals surface area contributed by atoms with Crippen LogP contribution >= 0.6 is 23.5 Å². The molecule has 0 spiro atoms. The average molecular weight is 1390 g/mol. The van der Waals surface area contributed by atoms with Crippen LogP contribution in [0, 0.1) is 29.6 Å². The first-order valence-electron chi connectivity index (χ1n) is 35.1. The molecule has 7 rings (SSSR count). The second-order valence-electron chi connectivity index (χ2n) is 27.9. The molecule has 1 aromatic heterocycles. The molecule has 4 heterocycles. The number of methoxy groups -OCH3 is 2. The number of sulfonamides is 1. The van der Waals surface area contributed by atoms with Crippen molar-refractivity contribution < 1.29 is 56.2 Å². The fourth-order valence-electron chi connectivity index (χ4n) is 13.8. The molecule has 1 saturated carbocycles. The molecule has 4 N–H and O–H groups in total. The minimum absolute atomic E-state index is 0.00734. The molecule has 0 radical (unpaired) electrons. The Bertz CT molecular complexity index is 3190. The Kier molecular flexibility index (Phi) is 30.0. The minimum atomic E-state index is -4.01. The summed E-state index contributed by atoms with van der Waals surface area (Å²) in [6, 6.07) is 8.25. The first kappa shape index (κ1) is 77.7. The summed E-state index contributed by atoms with van der Waals surface area (Å²) in [6.07, 6.45) is 10.2. The van der Waals surface area contributed by atoms with Crippen LogP contribution in [-0.4, -0.2) is 200 Å². The molecular weight excluding hydrogens is 1280 g/mol. The lowest BCUT2D eigenvalue weighted by Gasteiger charge is -2.41. The molecule has 22 nitrogen and oxygen atoms in total. The van der Waals surface area contributed by atoms with Crippen molar-refractivity contribution in [3.05, 3.63) is 65.0 Å². The zero-order valence-corrected chi connectivity index (χ0v) is 61.6. The first-order valence-corrected chi connectivity index (χ1v) is 38.8. The number of carbonyl (C=O) groups is 7. The van der Waals surface area contributed by atoms with E-state index in [0.29, 0.717) is 87.5 Å². The highest BCUT2D eigenvalue weighted by atomic mass is 32.2. The largest absolute Gasteiger partial charge is 0.415 e. The molecule has 7 amide bonds. The smallest absolute Gasteiger partial charge is 0.410 e. The number of thioether (sulfide) groups is 2. The SMILES string of the molecule is CCCC1CCCCCCSCc2nc3ccc(C(=O)NCC4CCN(C(=O)Oc5ccc(C[C@H](NC(=O)[C@H](C)[C@@H](OC)[C@@H]6CCCN6C(=O)C[C@@H](OC)[C@H]([C@@H](C)CC)N(C)C(=O)[C@@H](NC(=O)[C@H](C(C)C)N(C)C)C(C)C)C(=O)NS(=O)(=O)C6CC6)cc5)CC4)cc3nc2CS1. The van der Waals surface area contributed by atoms with Crippen LogP contribution in [0.3, 0.4) is 0 Å². The van der Waals surface area contributed by atoms with Gasteiger partial charge in [-0.1, -0.05) is 99.6 Å². The maximum Gasteiger partial charge on any atom is 0.415 e. The molecule has 2 saturated heterocycles. The monoisotopic (exact) mass is 1390 g/mol. The van der Waals surface area contributed by atoms with Gasteiger partial charge in [-0.2, -0.15) is 23.5 Å². The molecular formula is C71H110N10O12S3. The van der Waals surface area contributed by atoms with Gasteiger partial charge < -0.3 is 44.9 Å². The normalized spacial score (nSPS) is 20.3. The average Bonchev–Trinajstić information content (AvgIpc) is 1.06. The summed E-state index contributed by atoms with van der Waals surface area (Å²) in [6.45, 7) is 17.3. The number of nitrogens with one attached hydrogen (secondary N) is 4. The molecule has 0 bridgehead atoms. The number of piperidine rings is 1. The minimum Gasteiger partial charge on any atom is -0.410 e. The van der Waals surface area contributed by atoms with Crippen molar-refractivity contribution in [2.45, 2.75) is 223 Å². The van der Waals surface area contributed by atoms with Gasteiger partial charge in [0.1, 0.15) is 17.8 Å². The first-order chi connectivity index (χ1) is 45.8. The molecule has 3 fully saturated rings. The summed E-state index contributed by atoms with van der Waals surface area (Å²) in [5.74, 6) is -0.652. The van der Waals surface area contributed by atoms with Gasteiger partial charge in [0.05, 0.1) is 70.3 Å². The Hall–Kier alpha value is -5.60. The van der Waals surface area contributed by atoms with Crippen LogP contribution in [0.5, 0.6) is 5.75 Å². The van der Waals surface area contributed by atoms with Crippen LogP contribution in [-0.2, 0) is 61.4 Å². The highest BCUT2D eigenvalue weighted by Crippen LogP contribution is 2.33. The Balaban J connectivity index is 0.936. The number of hydrogen-bond acceptors (Lipinski definition) is 17. The van der Waals surface area contributed by atoms with Crippen molar-refractivity contribution in [2.75, 3.05) is 67.3 Å². The van der Waals surface area contributed by atoms with Gasteiger partial charge >= 0.3 is 6.09 Å². The molecule has 1 unspecified atom stereocenters. The van der Waals surface area contributed by atoms with Crippen molar-refractivity contribution >= 4 is 86.1 Å². The second-order valence-corrected chi connectivity index (χ2v) is 32.3. The standard InChI is InChI=1S/C71H110N10O12S3/c1-14-21-52-22-18-16-17-19-37-94-42-57-58(43-95-52)74-55-39-50(26-31-54(55)73-57)67(84)72-41-49-32-35-80(36-33-49)71(88)93-51-27-24-48(25-28-51)38-56(68(85)77-96(89,90)53-29-30-53)75-66(83)47(8)65(92-13)59-23-20-34-81(59)61(82)40-60(91-12)64(46(7)15-2)79(11)70(87)62(44(3)4)76-69(86)63(45(5)6)78(9)10/h24-28,31,39,44-47,49,52-53,56,59-60,62-65H,14-23,29-30,32-38,40-43H2,1-13H3,(H,72,84)(H,75,83)(H,76,86)(H,77,85)/t46-,47+,52?,56-,59-,60+,62-,63-,64-,65+/m0/s1. The van der Waals surface area contributed by atoms with Crippen LogP contribution in [0.1, 0.15) is 179 Å². The maximum atomic E-state index is 14.6. The van der Waals surface area contributed by atoms with E-state index in [1.807, 2.05) is 102 Å². The van der Waals surface area contributed by atoms with Crippen molar-refractivity contribution in [3.8, 4) is 5.75 Å². The number of likely N-dealkylation sites (N-methyl/N-ethyl adjacent to an activating group) is 2. The summed E-state index contributed by atoms with van der Waals surface area (Å²) < 4.78 is 46.5. The number of amides is 7. The van der Waals surface area contributed by atoms with Crippen LogP contribution in [0.15, 0.2) is 42.5 Å². The molecule has 25 heteroatoms. The van der Waals surface area contributed by atoms with Gasteiger partial charge in [0, 0.05) is 76.2 Å². The van der Waals surface area contributed by atoms with E-state index in [0.717, 1.165) is 46.1 Å². The molecule has 534 valence electrons. The van der Waals surface area contributed by atoms with Gasteiger partial charge in [0.25, 0.3) is 11.8 Å². The summed E-state index contributed by atoms with van der Waals surface area (Å²) in [5.41, 5.74) is 4.63. The number of aromatic nitrogens is 2. The molecule has 4 aliphatic rings. The van der Waals surface area contributed by atoms with Gasteiger partial charge in [-0.25, -0.2) is 23.2 Å². The summed E-state index contributed by atoms with van der Waals surface area (Å²) in [7, 11) is 4.33. The van der Waals surface area contributed by atoms with E-state index in [1.165, 1.54) is 52.7 Å². The third kappa shape index (κ3) is 21.5. The summed E-state index contributed by atoms with van der Waals surface area (Å²) in [4.78, 5) is 115. The quantitative estimate of drug-likeness (QED) is 0.0504. The van der Waals surface area contributed by atoms with Gasteiger partial charge in [-0.15, -0.1) is 0 Å². The van der Waals surface area contributed by atoms with Gasteiger partial charge in [-0.3, -0.25) is 38.4 Å². The number of benzene rings is 2. The molecule has 3 aliphatic heterocycles. The molecule has 10 atom stereocenters. The fraction of sp³-hybridized carbons (Fsp3) is 0.704. The zero-order valence-electron chi connectivity index (χ0n) is 59.2. The lowest BCUT2D eigenvalue weighted by atomic mass is 9.89. The lowest BCUT2D eigenvalue weighted by molar-refractivity contribution is -0.148. The van der Waals surface area contributed by atoms with E-state index < -0.39 is 81.5 Å². The van der Waals surface area contributed by atoms with E-state index in [2.05, 4.69) is 27.6 Å². The van der Waals surface area contributed by atoms with E-state index in [4.69, 9.17) is 24.2 Å². The number of likely N-dealkylation sites (tertiary alicyclic amines) is 2. The van der Waals surface area contributed by atoms with E-state index in [1.54, 1.807) is 52.9 Å². The summed E-state index contributed by atoms with van der Waals surface area (Å²) >= 11 is 3.91. The predicted molar refractivity (Wildman–Crippen MR) is 379 cm³/mol. The second kappa shape index (κ2) is 37.0.